The fourth-order valence-electron chi connectivity index (χ4n) is 3.10. The van der Waals surface area contributed by atoms with Crippen LogP contribution < -0.4 is 16.4 Å². The van der Waals surface area contributed by atoms with E-state index in [1.165, 1.54) is 24.4 Å². The molecule has 7 nitrogen and oxygen atoms in total. The van der Waals surface area contributed by atoms with Gasteiger partial charge in [-0.25, -0.2) is 18.2 Å². The molecule has 178 valence electrons. The van der Waals surface area contributed by atoms with Gasteiger partial charge in [0.2, 0.25) is 0 Å². The zero-order valence-corrected chi connectivity index (χ0v) is 18.8. The smallest absolute Gasteiger partial charge is 0.257 e. The average Bonchev–Trinajstić information content (AvgIpc) is 2.76. The van der Waals surface area contributed by atoms with Crippen LogP contribution in [0.1, 0.15) is 35.9 Å². The first-order valence-corrected chi connectivity index (χ1v) is 10.4. The molecule has 0 unspecified atom stereocenters. The van der Waals surface area contributed by atoms with Crippen LogP contribution in [0.25, 0.3) is 11.1 Å². The number of aliphatic hydroxyl groups is 1. The van der Waals surface area contributed by atoms with E-state index in [-0.39, 0.29) is 34.2 Å². The Hall–Kier alpha value is -3.63. The third-order valence-electron chi connectivity index (χ3n) is 4.68. The molecule has 0 saturated heterocycles. The van der Waals surface area contributed by atoms with Gasteiger partial charge >= 0.3 is 0 Å². The van der Waals surface area contributed by atoms with Crippen molar-refractivity contribution in [2.75, 3.05) is 11.1 Å². The maximum atomic E-state index is 14.9. The normalized spacial score (nSPS) is 11.9. The first-order chi connectivity index (χ1) is 16.0. The Balaban J connectivity index is 1.88. The second kappa shape index (κ2) is 10.1. The molecule has 11 heteroatoms. The standard InChI is InChI=1S/C23H20ClF3N4O3/c1-10(2)30-22(33)16-7-12(9-29-21(16)28)15-3-4-17(19(27)18(15)24)31-23(34)20(32)11-5-13(25)8-14(26)6-11/h3-10,20,32H,1-2H3,(H2,28,29)(H,30,33)(H,31,34)/t20-/m0/s1. The molecule has 5 N–H and O–H groups in total. The number of benzene rings is 2. The fourth-order valence-corrected chi connectivity index (χ4v) is 3.37. The number of aliphatic hydroxyl groups excluding tert-OH is 1. The lowest BCUT2D eigenvalue weighted by Gasteiger charge is -2.15. The summed E-state index contributed by atoms with van der Waals surface area (Å²) in [7, 11) is 0. The second-order valence-corrected chi connectivity index (χ2v) is 8.05. The molecule has 0 aliphatic carbocycles. The summed E-state index contributed by atoms with van der Waals surface area (Å²) >= 11 is 6.16. The minimum atomic E-state index is -1.97. The van der Waals surface area contributed by atoms with Crippen molar-refractivity contribution in [2.24, 2.45) is 0 Å². The molecule has 2 aromatic carbocycles. The minimum Gasteiger partial charge on any atom is -0.383 e. The van der Waals surface area contributed by atoms with Gasteiger partial charge in [-0.15, -0.1) is 0 Å². The van der Waals surface area contributed by atoms with Crippen LogP contribution in [0, 0.1) is 17.5 Å². The van der Waals surface area contributed by atoms with E-state index in [1.807, 2.05) is 0 Å². The molecule has 3 rings (SSSR count). The number of pyridine rings is 1. The van der Waals surface area contributed by atoms with Gasteiger partial charge in [0, 0.05) is 29.4 Å². The van der Waals surface area contributed by atoms with Crippen molar-refractivity contribution in [3.63, 3.8) is 0 Å². The number of nitrogens with one attached hydrogen (secondary N) is 2. The number of nitrogens with zero attached hydrogens (tertiary/aromatic N) is 1. The maximum absolute atomic E-state index is 14.9. The van der Waals surface area contributed by atoms with Crippen LogP contribution in [0.3, 0.4) is 0 Å². The number of anilines is 2. The number of aromatic nitrogens is 1. The molecule has 0 aliphatic heterocycles. The minimum absolute atomic E-state index is 0.0230. The Morgan fingerprint density at radius 1 is 1.09 bits per heavy atom. The molecular weight excluding hydrogens is 473 g/mol. The number of carbonyl (C=O) groups excluding carboxylic acids is 2. The van der Waals surface area contributed by atoms with E-state index in [2.05, 4.69) is 15.6 Å². The van der Waals surface area contributed by atoms with Crippen LogP contribution in [0.5, 0.6) is 0 Å². The third kappa shape index (κ3) is 5.46. The molecule has 0 fully saturated rings. The Morgan fingerprint density at radius 2 is 1.74 bits per heavy atom. The van der Waals surface area contributed by atoms with Crippen LogP contribution in [0.15, 0.2) is 42.6 Å². The van der Waals surface area contributed by atoms with Crippen molar-refractivity contribution >= 4 is 34.9 Å². The van der Waals surface area contributed by atoms with Gasteiger partial charge in [-0.1, -0.05) is 17.7 Å². The van der Waals surface area contributed by atoms with Crippen LogP contribution in [0.2, 0.25) is 5.02 Å². The Labute approximate surface area is 197 Å². The summed E-state index contributed by atoms with van der Waals surface area (Å²) in [6.45, 7) is 3.54. The summed E-state index contributed by atoms with van der Waals surface area (Å²) in [5, 5.41) is 14.5. The van der Waals surface area contributed by atoms with Crippen LogP contribution in [0.4, 0.5) is 24.7 Å². The van der Waals surface area contributed by atoms with Gasteiger partial charge in [-0.2, -0.15) is 0 Å². The first-order valence-electron chi connectivity index (χ1n) is 9.97. The van der Waals surface area contributed by atoms with Gasteiger partial charge in [0.05, 0.1) is 16.3 Å². The lowest BCUT2D eigenvalue weighted by atomic mass is 10.0. The molecule has 0 spiro atoms. The largest absolute Gasteiger partial charge is 0.383 e. The van der Waals surface area contributed by atoms with E-state index >= 15 is 0 Å². The summed E-state index contributed by atoms with van der Waals surface area (Å²) in [5.41, 5.74) is 5.59. The van der Waals surface area contributed by atoms with Crippen LogP contribution in [-0.4, -0.2) is 27.9 Å². The summed E-state index contributed by atoms with van der Waals surface area (Å²) in [4.78, 5) is 28.6. The zero-order chi connectivity index (χ0) is 25.2. The maximum Gasteiger partial charge on any atom is 0.257 e. The number of halogens is 4. The van der Waals surface area contributed by atoms with E-state index in [0.717, 1.165) is 12.1 Å². The molecular formula is C23H20ClF3N4O3. The highest BCUT2D eigenvalue weighted by atomic mass is 35.5. The van der Waals surface area contributed by atoms with Gasteiger partial charge in [0.1, 0.15) is 17.5 Å². The fraction of sp³-hybridized carbons (Fsp3) is 0.174. The monoisotopic (exact) mass is 492 g/mol. The predicted octanol–water partition coefficient (Wildman–Crippen LogP) is 4.21. The molecule has 34 heavy (non-hydrogen) atoms. The number of nitrogen functional groups attached to an aromatic ring is 1. The highest BCUT2D eigenvalue weighted by Gasteiger charge is 2.22. The molecule has 0 radical (unpaired) electrons. The zero-order valence-electron chi connectivity index (χ0n) is 18.0. The molecule has 1 atom stereocenters. The number of nitrogens with two attached hydrogens (primary N) is 1. The number of hydrogen-bond donors (Lipinski definition) is 4. The van der Waals surface area contributed by atoms with Gasteiger partial charge < -0.3 is 21.5 Å². The number of rotatable bonds is 6. The number of hydrogen-bond acceptors (Lipinski definition) is 5. The van der Waals surface area contributed by atoms with Crippen molar-refractivity contribution in [2.45, 2.75) is 26.0 Å². The first kappa shape index (κ1) is 25.0. The predicted molar refractivity (Wildman–Crippen MR) is 122 cm³/mol. The summed E-state index contributed by atoms with van der Waals surface area (Å²) in [6, 6.07) is 5.93. The highest BCUT2D eigenvalue weighted by molar-refractivity contribution is 6.34. The molecule has 3 aromatic rings. The Kier molecular flexibility index (Phi) is 7.43. The van der Waals surface area contributed by atoms with Gasteiger partial charge in [0.25, 0.3) is 11.8 Å². The van der Waals surface area contributed by atoms with Crippen molar-refractivity contribution in [1.29, 1.82) is 0 Å². The topological polar surface area (TPSA) is 117 Å². The Morgan fingerprint density at radius 3 is 2.35 bits per heavy atom. The van der Waals surface area contributed by atoms with Crippen LogP contribution >= 0.6 is 11.6 Å². The molecule has 2 amide bonds. The average molecular weight is 493 g/mol. The van der Waals surface area contributed by atoms with Gasteiger partial charge in [0.15, 0.2) is 11.9 Å². The number of amides is 2. The lowest BCUT2D eigenvalue weighted by molar-refractivity contribution is -0.124. The Bertz CT molecular complexity index is 1250. The van der Waals surface area contributed by atoms with E-state index in [0.29, 0.717) is 11.6 Å². The van der Waals surface area contributed by atoms with Gasteiger partial charge in [-0.05, 0) is 43.7 Å². The summed E-state index contributed by atoms with van der Waals surface area (Å²) in [6.07, 6.45) is -0.658. The van der Waals surface area contributed by atoms with E-state index in [9.17, 15) is 27.9 Å². The molecule has 1 heterocycles. The molecule has 0 saturated carbocycles. The lowest BCUT2D eigenvalue weighted by Crippen LogP contribution is -2.30. The van der Waals surface area contributed by atoms with Crippen molar-refractivity contribution in [1.82, 2.24) is 10.3 Å². The van der Waals surface area contributed by atoms with Crippen molar-refractivity contribution in [3.8, 4) is 11.1 Å². The summed E-state index contributed by atoms with van der Waals surface area (Å²) in [5.74, 6) is -4.63. The highest BCUT2D eigenvalue weighted by Crippen LogP contribution is 2.35. The van der Waals surface area contributed by atoms with E-state index in [4.69, 9.17) is 17.3 Å². The third-order valence-corrected chi connectivity index (χ3v) is 5.05. The quantitative estimate of drug-likeness (QED) is 0.411. The molecule has 0 bridgehead atoms. The van der Waals surface area contributed by atoms with E-state index in [1.54, 1.807) is 13.8 Å². The van der Waals surface area contributed by atoms with Crippen LogP contribution in [-0.2, 0) is 4.79 Å². The van der Waals surface area contributed by atoms with Crippen molar-refractivity contribution < 1.29 is 27.9 Å². The second-order valence-electron chi connectivity index (χ2n) is 7.67. The van der Waals surface area contributed by atoms with E-state index < -0.39 is 40.4 Å². The number of carbonyl (C=O) groups is 2. The molecule has 1 aromatic heterocycles. The SMILES string of the molecule is CC(C)NC(=O)c1cc(-c2ccc(NC(=O)[C@@H](O)c3cc(F)cc(F)c3)c(F)c2Cl)cnc1N. The summed E-state index contributed by atoms with van der Waals surface area (Å²) < 4.78 is 41.7. The van der Waals surface area contributed by atoms with Gasteiger partial charge in [-0.3, -0.25) is 9.59 Å². The van der Waals surface area contributed by atoms with Crippen molar-refractivity contribution in [3.05, 3.63) is 76.2 Å². The molecule has 0 aliphatic rings.